The van der Waals surface area contributed by atoms with E-state index < -0.39 is 22.5 Å². The number of amides is 1. The van der Waals surface area contributed by atoms with E-state index in [1.807, 2.05) is 6.92 Å². The van der Waals surface area contributed by atoms with Crippen LogP contribution in [0.4, 0.5) is 10.1 Å². The first-order chi connectivity index (χ1) is 19.7. The summed E-state index contributed by atoms with van der Waals surface area (Å²) in [6.45, 7) is 1.88. The molecule has 10 heteroatoms. The van der Waals surface area contributed by atoms with Crippen molar-refractivity contribution in [1.82, 2.24) is 5.32 Å². The van der Waals surface area contributed by atoms with E-state index >= 15 is 0 Å². The van der Waals surface area contributed by atoms with Gasteiger partial charge in [0.05, 0.1) is 24.8 Å². The average molecular weight is 579 g/mol. The van der Waals surface area contributed by atoms with Crippen molar-refractivity contribution in [3.05, 3.63) is 114 Å². The van der Waals surface area contributed by atoms with Crippen LogP contribution in [0, 0.1) is 12.7 Å². The zero-order chi connectivity index (χ0) is 29.4. The van der Waals surface area contributed by atoms with E-state index in [0.717, 1.165) is 21.0 Å². The van der Waals surface area contributed by atoms with Crippen LogP contribution >= 0.6 is 0 Å². The van der Waals surface area contributed by atoms with Gasteiger partial charge in [-0.15, -0.1) is 0 Å². The van der Waals surface area contributed by atoms with E-state index in [9.17, 15) is 17.6 Å². The Labute approximate surface area is 239 Å². The van der Waals surface area contributed by atoms with Gasteiger partial charge in [0.25, 0.3) is 10.0 Å². The van der Waals surface area contributed by atoms with Crippen LogP contribution in [0.2, 0.25) is 0 Å². The number of anilines is 1. The summed E-state index contributed by atoms with van der Waals surface area (Å²) in [5.74, 6) is 0.579. The number of rotatable bonds is 12. The monoisotopic (exact) mass is 578 g/mol. The number of nitrogens with zero attached hydrogens (tertiary/aromatic N) is 1. The molecule has 0 aliphatic rings. The van der Waals surface area contributed by atoms with E-state index in [1.54, 1.807) is 60.7 Å². The Bertz CT molecular complexity index is 1570. The molecule has 1 N–H and O–H groups in total. The number of methoxy groups -OCH3 is 2. The summed E-state index contributed by atoms with van der Waals surface area (Å²) >= 11 is 0. The minimum atomic E-state index is -4.09. The van der Waals surface area contributed by atoms with Gasteiger partial charge in [0.2, 0.25) is 5.91 Å². The standard InChI is InChI=1S/C31H31FN2O6S/c1-22-4-15-28(16-5-22)41(36,37)34(26-12-17-29(38-2)30(18-26)39-3)20-31(35)33-19-23-8-13-27(14-9-23)40-21-24-6-10-25(32)11-7-24/h4-18H,19-21H2,1-3H3,(H,33,35). The van der Waals surface area contributed by atoms with Crippen LogP contribution in [-0.2, 0) is 28.0 Å². The van der Waals surface area contributed by atoms with Crippen molar-refractivity contribution < 1.29 is 31.8 Å². The third kappa shape index (κ3) is 7.55. The minimum absolute atomic E-state index is 0.0573. The molecular weight excluding hydrogens is 547 g/mol. The number of nitrogens with one attached hydrogen (secondary N) is 1. The zero-order valence-electron chi connectivity index (χ0n) is 23.0. The lowest BCUT2D eigenvalue weighted by atomic mass is 10.2. The number of benzene rings is 4. The Kier molecular flexibility index (Phi) is 9.46. The largest absolute Gasteiger partial charge is 0.493 e. The molecule has 0 aliphatic heterocycles. The number of aryl methyl sites for hydroxylation is 1. The summed E-state index contributed by atoms with van der Waals surface area (Å²) in [4.78, 5) is 13.1. The van der Waals surface area contributed by atoms with Crippen LogP contribution in [0.25, 0.3) is 0 Å². The molecule has 0 heterocycles. The lowest BCUT2D eigenvalue weighted by molar-refractivity contribution is -0.119. The number of carbonyl (C=O) groups is 1. The van der Waals surface area contributed by atoms with Crippen molar-refractivity contribution in [3.63, 3.8) is 0 Å². The first kappa shape index (κ1) is 29.4. The predicted molar refractivity (Wildman–Crippen MR) is 154 cm³/mol. The molecule has 0 aliphatic carbocycles. The average Bonchev–Trinajstić information content (AvgIpc) is 2.99. The van der Waals surface area contributed by atoms with Gasteiger partial charge in [0.15, 0.2) is 11.5 Å². The molecule has 1 amide bonds. The summed E-state index contributed by atoms with van der Waals surface area (Å²) < 4.78 is 57.8. The smallest absolute Gasteiger partial charge is 0.264 e. The SMILES string of the molecule is COc1ccc(N(CC(=O)NCc2ccc(OCc3ccc(F)cc3)cc2)S(=O)(=O)c2ccc(C)cc2)cc1OC. The second-order valence-corrected chi connectivity index (χ2v) is 11.1. The molecule has 0 aromatic heterocycles. The molecule has 4 aromatic rings. The van der Waals surface area contributed by atoms with E-state index in [0.29, 0.717) is 17.2 Å². The van der Waals surface area contributed by atoms with Crippen molar-refractivity contribution in [2.45, 2.75) is 25.0 Å². The van der Waals surface area contributed by atoms with Crippen molar-refractivity contribution >= 4 is 21.6 Å². The van der Waals surface area contributed by atoms with Crippen molar-refractivity contribution in [2.75, 3.05) is 25.1 Å². The molecule has 41 heavy (non-hydrogen) atoms. The summed E-state index contributed by atoms with van der Waals surface area (Å²) in [6.07, 6.45) is 0. The Morgan fingerprint density at radius 1 is 0.829 bits per heavy atom. The maximum Gasteiger partial charge on any atom is 0.264 e. The molecule has 0 radical (unpaired) electrons. The molecule has 0 saturated heterocycles. The normalized spacial score (nSPS) is 11.0. The van der Waals surface area contributed by atoms with Gasteiger partial charge >= 0.3 is 0 Å². The lowest BCUT2D eigenvalue weighted by Crippen LogP contribution is -2.40. The van der Waals surface area contributed by atoms with Crippen molar-refractivity contribution in [3.8, 4) is 17.2 Å². The maximum absolute atomic E-state index is 13.7. The summed E-state index contributed by atoms with van der Waals surface area (Å²) in [5.41, 5.74) is 2.79. The minimum Gasteiger partial charge on any atom is -0.493 e. The third-order valence-corrected chi connectivity index (χ3v) is 8.07. The summed E-state index contributed by atoms with van der Waals surface area (Å²) in [5, 5.41) is 2.79. The van der Waals surface area contributed by atoms with Gasteiger partial charge in [-0.1, -0.05) is 42.0 Å². The third-order valence-electron chi connectivity index (χ3n) is 6.28. The fraction of sp³-hybridized carbons (Fsp3) is 0.194. The molecule has 0 unspecified atom stereocenters. The lowest BCUT2D eigenvalue weighted by Gasteiger charge is -2.25. The Hall–Kier alpha value is -4.57. The number of carbonyl (C=O) groups excluding carboxylic acids is 1. The van der Waals surface area contributed by atoms with Gasteiger partial charge in [0.1, 0.15) is 24.7 Å². The van der Waals surface area contributed by atoms with E-state index in [4.69, 9.17) is 14.2 Å². The number of hydrogen-bond acceptors (Lipinski definition) is 6. The first-order valence-corrected chi connectivity index (χ1v) is 14.2. The fourth-order valence-corrected chi connectivity index (χ4v) is 5.38. The summed E-state index contributed by atoms with van der Waals surface area (Å²) in [6, 6.07) is 24.3. The first-order valence-electron chi connectivity index (χ1n) is 12.7. The molecule has 0 bridgehead atoms. The Morgan fingerprint density at radius 3 is 2.10 bits per heavy atom. The quantitative estimate of drug-likeness (QED) is 0.247. The van der Waals surface area contributed by atoms with Gasteiger partial charge in [-0.25, -0.2) is 12.8 Å². The predicted octanol–water partition coefficient (Wildman–Crippen LogP) is 5.24. The molecular formula is C31H31FN2O6S. The molecule has 214 valence electrons. The highest BCUT2D eigenvalue weighted by molar-refractivity contribution is 7.92. The van der Waals surface area contributed by atoms with Crippen LogP contribution in [0.5, 0.6) is 17.2 Å². The molecule has 0 saturated carbocycles. The van der Waals surface area contributed by atoms with E-state index in [1.165, 1.54) is 44.6 Å². The van der Waals surface area contributed by atoms with Gasteiger partial charge in [-0.2, -0.15) is 0 Å². The van der Waals surface area contributed by atoms with Crippen LogP contribution < -0.4 is 23.8 Å². The van der Waals surface area contributed by atoms with Crippen molar-refractivity contribution in [2.24, 2.45) is 0 Å². The van der Waals surface area contributed by atoms with Crippen molar-refractivity contribution in [1.29, 1.82) is 0 Å². The Balaban J connectivity index is 1.46. The highest BCUT2D eigenvalue weighted by Crippen LogP contribution is 2.33. The molecule has 0 spiro atoms. The Morgan fingerprint density at radius 2 is 1.46 bits per heavy atom. The number of ether oxygens (including phenoxy) is 3. The van der Waals surface area contributed by atoms with E-state index in [-0.39, 0.29) is 29.6 Å². The van der Waals surface area contributed by atoms with Gasteiger partial charge in [0, 0.05) is 12.6 Å². The fourth-order valence-electron chi connectivity index (χ4n) is 3.97. The summed E-state index contributed by atoms with van der Waals surface area (Å²) in [7, 11) is -1.16. The number of sulfonamides is 1. The number of hydrogen-bond donors (Lipinski definition) is 1. The molecule has 0 fully saturated rings. The van der Waals surface area contributed by atoms with Gasteiger partial charge in [-0.05, 0) is 66.6 Å². The zero-order valence-corrected chi connectivity index (χ0v) is 23.8. The molecule has 0 atom stereocenters. The highest BCUT2D eigenvalue weighted by atomic mass is 32.2. The van der Waals surface area contributed by atoms with Crippen LogP contribution in [-0.4, -0.2) is 35.1 Å². The maximum atomic E-state index is 13.7. The van der Waals surface area contributed by atoms with Crippen LogP contribution in [0.1, 0.15) is 16.7 Å². The molecule has 4 aromatic carbocycles. The van der Waals surface area contributed by atoms with Gasteiger partial charge < -0.3 is 19.5 Å². The second kappa shape index (κ2) is 13.2. The topological polar surface area (TPSA) is 94.2 Å². The van der Waals surface area contributed by atoms with Crippen LogP contribution in [0.3, 0.4) is 0 Å². The molecule has 8 nitrogen and oxygen atoms in total. The molecule has 4 rings (SSSR count). The van der Waals surface area contributed by atoms with Gasteiger partial charge in [-0.3, -0.25) is 9.10 Å². The highest BCUT2D eigenvalue weighted by Gasteiger charge is 2.28. The van der Waals surface area contributed by atoms with E-state index in [2.05, 4.69) is 5.32 Å². The van der Waals surface area contributed by atoms with Crippen LogP contribution in [0.15, 0.2) is 95.9 Å². The number of halogens is 1. The second-order valence-electron chi connectivity index (χ2n) is 9.20.